The van der Waals surface area contributed by atoms with Crippen LogP contribution in [-0.4, -0.2) is 149 Å². The maximum atomic E-state index is 14.1. The Kier molecular flexibility index (Phi) is 21.9. The summed E-state index contributed by atoms with van der Waals surface area (Å²) in [5, 5.41) is 27.0. The van der Waals surface area contributed by atoms with Crippen LogP contribution in [0, 0.1) is 0 Å². The quantitative estimate of drug-likeness (QED) is 0.0884. The number of piperidine rings is 1. The van der Waals surface area contributed by atoms with Crippen LogP contribution in [0.2, 0.25) is 0 Å². The number of likely N-dealkylation sites (tertiary alicyclic amines) is 1. The van der Waals surface area contributed by atoms with E-state index in [9.17, 15) is 49.1 Å². The normalized spacial score (nSPS) is 15.0. The van der Waals surface area contributed by atoms with Crippen LogP contribution in [0.4, 0.5) is 45.2 Å². The second-order valence-corrected chi connectivity index (χ2v) is 14.6. The first-order valence-electron chi connectivity index (χ1n) is 20.0. The van der Waals surface area contributed by atoms with Crippen molar-refractivity contribution in [2.24, 2.45) is 11.5 Å². The van der Waals surface area contributed by atoms with Gasteiger partial charge in [-0.05, 0) is 93.3 Å². The summed E-state index contributed by atoms with van der Waals surface area (Å²) in [6.45, 7) is 7.72. The lowest BCUT2D eigenvalue weighted by Gasteiger charge is -2.43. The number of carbonyl (C=O) groups is 5. The van der Waals surface area contributed by atoms with Crippen molar-refractivity contribution in [1.29, 1.82) is 0 Å². The second-order valence-electron chi connectivity index (χ2n) is 14.6. The van der Waals surface area contributed by atoms with E-state index in [1.165, 1.54) is 16.3 Å². The molecule has 0 saturated carbocycles. The molecule has 362 valence electrons. The number of nitrogens with zero attached hydrogens (tertiary/aromatic N) is 4. The predicted octanol–water partition coefficient (Wildman–Crippen LogP) is 4.89. The number of fused-ring (bicyclic) bond motifs is 1. The van der Waals surface area contributed by atoms with Gasteiger partial charge in [0, 0.05) is 31.9 Å². The van der Waals surface area contributed by atoms with Gasteiger partial charge in [0.1, 0.15) is 12.1 Å². The van der Waals surface area contributed by atoms with E-state index in [4.69, 9.17) is 41.2 Å². The Morgan fingerprint density at radius 3 is 1.63 bits per heavy atom. The number of aliphatic carboxylic acids is 3. The highest BCUT2D eigenvalue weighted by Crippen LogP contribution is 2.40. The zero-order chi connectivity index (χ0) is 49.0. The van der Waals surface area contributed by atoms with Crippen molar-refractivity contribution < 1.29 is 78.8 Å². The zero-order valence-electron chi connectivity index (χ0n) is 35.0. The molecule has 0 bridgehead atoms. The molecule has 24 heteroatoms. The molecule has 2 aliphatic rings. The lowest BCUT2D eigenvalue weighted by Crippen LogP contribution is -2.56. The molecule has 2 aliphatic heterocycles. The highest BCUT2D eigenvalue weighted by atomic mass is 19.4. The lowest BCUT2D eigenvalue weighted by atomic mass is 9.85. The largest absolute Gasteiger partial charge is 0.490 e. The summed E-state index contributed by atoms with van der Waals surface area (Å²) >= 11 is 0. The molecule has 8 N–H and O–H groups in total. The fraction of sp³-hybridized carbons (Fsp3) is 0.488. The number of carbonyl (C=O) groups excluding carboxylic acids is 2. The summed E-state index contributed by atoms with van der Waals surface area (Å²) < 4.78 is 95.2. The van der Waals surface area contributed by atoms with Crippen LogP contribution in [-0.2, 0) is 30.5 Å². The van der Waals surface area contributed by atoms with Crippen molar-refractivity contribution in [3.05, 3.63) is 78.4 Å². The van der Waals surface area contributed by atoms with Crippen LogP contribution < -0.4 is 21.7 Å². The fourth-order valence-corrected chi connectivity index (χ4v) is 6.80. The van der Waals surface area contributed by atoms with Gasteiger partial charge in [-0.2, -0.15) is 39.5 Å². The number of anilines is 1. The van der Waals surface area contributed by atoms with Gasteiger partial charge in [0.2, 0.25) is 11.8 Å². The predicted molar refractivity (Wildman–Crippen MR) is 219 cm³/mol. The molecule has 3 aromatic rings. The van der Waals surface area contributed by atoms with Gasteiger partial charge in [0.05, 0.1) is 6.67 Å². The third-order valence-corrected chi connectivity index (χ3v) is 9.93. The summed E-state index contributed by atoms with van der Waals surface area (Å²) in [5.41, 5.74) is 13.1. The van der Waals surface area contributed by atoms with Crippen molar-refractivity contribution in [3.63, 3.8) is 0 Å². The number of alkyl halides is 9. The molecule has 0 radical (unpaired) electrons. The van der Waals surface area contributed by atoms with Crippen molar-refractivity contribution >= 4 is 46.2 Å². The summed E-state index contributed by atoms with van der Waals surface area (Å²) in [7, 11) is 0. The first kappa shape index (κ1) is 55.4. The topological polar surface area (TPSA) is 223 Å². The van der Waals surface area contributed by atoms with E-state index < -0.39 is 42.0 Å². The molecule has 5 rings (SSSR count). The molecular formula is C41H52F9N7O8. The molecule has 0 aromatic heterocycles. The number of amides is 2. The van der Waals surface area contributed by atoms with Crippen molar-refractivity contribution in [2.45, 2.75) is 62.7 Å². The Hall–Kier alpha value is -5.72. The van der Waals surface area contributed by atoms with Gasteiger partial charge in [0.25, 0.3) is 0 Å². The molecule has 2 amide bonds. The van der Waals surface area contributed by atoms with Crippen LogP contribution in [0.1, 0.15) is 37.7 Å². The Bertz CT molecular complexity index is 1910. The number of nitrogens with one attached hydrogen (secondary N) is 1. The first-order valence-corrected chi connectivity index (χ1v) is 20.0. The summed E-state index contributed by atoms with van der Waals surface area (Å²) in [6, 6.07) is 25.2. The number of carboxylic acids is 3. The number of benzene rings is 3. The van der Waals surface area contributed by atoms with Crippen molar-refractivity contribution in [2.75, 3.05) is 70.5 Å². The molecule has 0 unspecified atom stereocenters. The average Bonchev–Trinajstić information content (AvgIpc) is 3.50. The van der Waals surface area contributed by atoms with Crippen LogP contribution >= 0.6 is 0 Å². The maximum Gasteiger partial charge on any atom is 0.490 e. The first-order chi connectivity index (χ1) is 30.4. The maximum absolute atomic E-state index is 14.1. The SMILES string of the molecule is NCCCN(CCCN)CCCNC(=O)CN1CN(c2ccccc2)C2(CCN(Cc3cccc4ccccc34)CC2)C1=O.O=C(O)C(F)(F)F.O=C(O)C(F)(F)F.O=C(O)C(F)(F)F. The van der Waals surface area contributed by atoms with Crippen molar-refractivity contribution in [1.82, 2.24) is 20.0 Å². The molecule has 3 aromatic carbocycles. The number of nitrogens with two attached hydrogens (primary N) is 2. The Labute approximate surface area is 367 Å². The van der Waals surface area contributed by atoms with Crippen LogP contribution in [0.3, 0.4) is 0 Å². The van der Waals surface area contributed by atoms with Crippen molar-refractivity contribution in [3.8, 4) is 0 Å². The third-order valence-electron chi connectivity index (χ3n) is 9.93. The third kappa shape index (κ3) is 18.4. The van der Waals surface area contributed by atoms with Crippen LogP contribution in [0.25, 0.3) is 10.8 Å². The number of rotatable bonds is 15. The molecule has 2 fully saturated rings. The van der Waals surface area contributed by atoms with Gasteiger partial charge < -0.3 is 46.8 Å². The molecule has 2 saturated heterocycles. The van der Waals surface area contributed by atoms with Gasteiger partial charge in [-0.15, -0.1) is 0 Å². The minimum Gasteiger partial charge on any atom is -0.475 e. The Balaban J connectivity index is 0.000000571. The van der Waals surface area contributed by atoms with Gasteiger partial charge >= 0.3 is 36.4 Å². The van der Waals surface area contributed by atoms with E-state index in [0.717, 1.165) is 77.1 Å². The Morgan fingerprint density at radius 1 is 0.677 bits per heavy atom. The number of para-hydroxylation sites is 1. The van der Waals surface area contributed by atoms with Gasteiger partial charge in [0.15, 0.2) is 0 Å². The summed E-state index contributed by atoms with van der Waals surface area (Å²) in [4.78, 5) is 62.7. The zero-order valence-corrected chi connectivity index (χ0v) is 35.0. The molecule has 0 aliphatic carbocycles. The second kappa shape index (κ2) is 25.7. The van der Waals surface area contributed by atoms with E-state index >= 15 is 0 Å². The Morgan fingerprint density at radius 2 is 1.14 bits per heavy atom. The lowest BCUT2D eigenvalue weighted by molar-refractivity contribution is -0.193. The van der Waals surface area contributed by atoms with Gasteiger partial charge in [-0.25, -0.2) is 14.4 Å². The number of hydrogen-bond donors (Lipinski definition) is 6. The molecule has 15 nitrogen and oxygen atoms in total. The highest BCUT2D eigenvalue weighted by molar-refractivity contribution is 5.96. The summed E-state index contributed by atoms with van der Waals surface area (Å²) in [5.74, 6) is -8.31. The van der Waals surface area contributed by atoms with Gasteiger partial charge in [-0.1, -0.05) is 60.7 Å². The summed E-state index contributed by atoms with van der Waals surface area (Å²) in [6.07, 6.45) is -11.0. The number of halogens is 9. The minimum atomic E-state index is -5.08. The molecule has 2 heterocycles. The standard InChI is InChI=1S/C35H49N7O2.3C2HF3O2/c36-18-7-21-39(22-8-19-37)23-9-20-38-33(43)27-41-28-42(31-13-2-1-3-14-31)35(34(41)44)16-24-40(25-17-35)26-30-12-6-11-29-10-4-5-15-32(29)30;3*3-2(4,5)1(6)7/h1-6,10-15H,7-9,16-28,36-37H2,(H,38,43);3*(H,6,7). The fourth-order valence-electron chi connectivity index (χ4n) is 6.80. The minimum absolute atomic E-state index is 0.0658. The van der Waals surface area contributed by atoms with Crippen LogP contribution in [0.15, 0.2) is 72.8 Å². The molecule has 1 spiro atoms. The van der Waals surface area contributed by atoms with E-state index in [2.05, 4.69) is 74.6 Å². The van der Waals surface area contributed by atoms with E-state index in [-0.39, 0.29) is 18.4 Å². The van der Waals surface area contributed by atoms with E-state index in [1.807, 2.05) is 18.2 Å². The molecular weight excluding hydrogens is 889 g/mol. The average molecular weight is 942 g/mol. The van der Waals surface area contributed by atoms with Crippen LogP contribution in [0.5, 0.6) is 0 Å². The smallest absolute Gasteiger partial charge is 0.475 e. The van der Waals surface area contributed by atoms with Gasteiger partial charge in [-0.3, -0.25) is 14.5 Å². The molecule has 65 heavy (non-hydrogen) atoms. The molecule has 0 atom stereocenters. The number of hydrogen-bond acceptors (Lipinski definition) is 10. The monoisotopic (exact) mass is 941 g/mol. The highest BCUT2D eigenvalue weighted by Gasteiger charge is 2.54. The number of carboxylic acid groups (broad SMARTS) is 3. The van der Waals surface area contributed by atoms with E-state index in [0.29, 0.717) is 26.3 Å². The van der Waals surface area contributed by atoms with E-state index in [1.54, 1.807) is 4.90 Å².